The van der Waals surface area contributed by atoms with E-state index in [9.17, 15) is 21.6 Å². The standard InChI is InChI=1S/C17H27F3N6O2S.HI/c1-21-16(22-12-14-8-11-26(24-14)15-4-2-3-5-15)23-13-6-9-25(10-7-13)29(27,28)17(18,19)20;/h8,11,13,15H,2-7,9-10,12H2,1H3,(H2,21,22,23);1H. The van der Waals surface area contributed by atoms with E-state index >= 15 is 0 Å². The molecular weight excluding hydrogens is 536 g/mol. The molecule has 13 heteroatoms. The van der Waals surface area contributed by atoms with Crippen molar-refractivity contribution in [2.24, 2.45) is 4.99 Å². The van der Waals surface area contributed by atoms with Crippen molar-refractivity contribution in [3.05, 3.63) is 18.0 Å². The number of nitrogens with zero attached hydrogens (tertiary/aromatic N) is 4. The normalized spacial score (nSPS) is 20.2. The second-order valence-corrected chi connectivity index (χ2v) is 9.35. The number of halogens is 4. The minimum Gasteiger partial charge on any atom is -0.354 e. The van der Waals surface area contributed by atoms with Crippen LogP contribution in [0.5, 0.6) is 0 Å². The lowest BCUT2D eigenvalue weighted by molar-refractivity contribution is -0.0494. The fourth-order valence-corrected chi connectivity index (χ4v) is 4.78. The third-order valence-electron chi connectivity index (χ3n) is 5.45. The molecule has 2 heterocycles. The van der Waals surface area contributed by atoms with Gasteiger partial charge in [0, 0.05) is 32.4 Å². The number of guanidine groups is 1. The second kappa shape index (κ2) is 10.5. The van der Waals surface area contributed by atoms with Crippen molar-refractivity contribution in [2.75, 3.05) is 20.1 Å². The first-order valence-electron chi connectivity index (χ1n) is 9.78. The van der Waals surface area contributed by atoms with Crippen molar-refractivity contribution in [3.8, 4) is 0 Å². The lowest BCUT2D eigenvalue weighted by Gasteiger charge is -2.32. The summed E-state index contributed by atoms with van der Waals surface area (Å²) in [6.45, 7) is 0.116. The van der Waals surface area contributed by atoms with E-state index in [0.717, 1.165) is 18.5 Å². The molecule has 0 spiro atoms. The molecule has 0 unspecified atom stereocenters. The van der Waals surface area contributed by atoms with Crippen LogP contribution in [-0.4, -0.2) is 60.2 Å². The van der Waals surface area contributed by atoms with Gasteiger partial charge < -0.3 is 10.6 Å². The fourth-order valence-electron chi connectivity index (χ4n) is 3.79. The molecule has 3 rings (SSSR count). The molecule has 1 aromatic rings. The Balaban J connectivity index is 0.00000320. The number of rotatable bonds is 5. The van der Waals surface area contributed by atoms with Crippen molar-refractivity contribution in [2.45, 2.75) is 62.7 Å². The highest BCUT2D eigenvalue weighted by Crippen LogP contribution is 2.29. The number of piperidine rings is 1. The molecular formula is C17H28F3IN6O2S. The fraction of sp³-hybridized carbons (Fsp3) is 0.765. The van der Waals surface area contributed by atoms with E-state index < -0.39 is 15.5 Å². The minimum absolute atomic E-state index is 0. The molecule has 0 radical (unpaired) electrons. The maximum atomic E-state index is 12.7. The van der Waals surface area contributed by atoms with E-state index in [1.807, 2.05) is 16.9 Å². The van der Waals surface area contributed by atoms with Crippen LogP contribution in [0.3, 0.4) is 0 Å². The Hall–Kier alpha value is -1.09. The summed E-state index contributed by atoms with van der Waals surface area (Å²) >= 11 is 0. The molecule has 1 saturated heterocycles. The summed E-state index contributed by atoms with van der Waals surface area (Å²) in [5.41, 5.74) is -4.38. The molecule has 2 N–H and O–H groups in total. The molecule has 1 aliphatic heterocycles. The third kappa shape index (κ3) is 5.99. The molecule has 30 heavy (non-hydrogen) atoms. The Labute approximate surface area is 191 Å². The van der Waals surface area contributed by atoms with Gasteiger partial charge in [0.25, 0.3) is 0 Å². The summed E-state index contributed by atoms with van der Waals surface area (Å²) in [7, 11) is -3.65. The van der Waals surface area contributed by atoms with Gasteiger partial charge in [-0.15, -0.1) is 24.0 Å². The van der Waals surface area contributed by atoms with Gasteiger partial charge in [0.05, 0.1) is 18.3 Å². The second-order valence-electron chi connectivity index (χ2n) is 7.42. The smallest absolute Gasteiger partial charge is 0.354 e. The number of nitrogens with one attached hydrogen (secondary N) is 2. The number of aromatic nitrogens is 2. The first-order chi connectivity index (χ1) is 13.7. The highest BCUT2D eigenvalue weighted by atomic mass is 127. The molecule has 0 amide bonds. The van der Waals surface area contributed by atoms with Crippen LogP contribution in [0.2, 0.25) is 0 Å². The molecule has 0 bridgehead atoms. The SMILES string of the molecule is CN=C(NCc1ccn(C2CCCC2)n1)NC1CCN(S(=O)(=O)C(F)(F)F)CC1.I. The van der Waals surface area contributed by atoms with Gasteiger partial charge in [-0.1, -0.05) is 12.8 Å². The van der Waals surface area contributed by atoms with E-state index in [0.29, 0.717) is 22.9 Å². The number of alkyl halides is 3. The Kier molecular flexibility index (Phi) is 8.80. The number of aliphatic imine (C=N–C) groups is 1. The Morgan fingerprint density at radius 3 is 2.43 bits per heavy atom. The summed E-state index contributed by atoms with van der Waals surface area (Å²) in [6.07, 6.45) is 7.30. The predicted octanol–water partition coefficient (Wildman–Crippen LogP) is 2.60. The molecule has 1 saturated carbocycles. The van der Waals surface area contributed by atoms with Crippen LogP contribution in [0.15, 0.2) is 17.3 Å². The quantitative estimate of drug-likeness (QED) is 0.326. The van der Waals surface area contributed by atoms with E-state index in [4.69, 9.17) is 0 Å². The lowest BCUT2D eigenvalue weighted by atomic mass is 10.1. The van der Waals surface area contributed by atoms with Crippen molar-refractivity contribution in [1.82, 2.24) is 24.7 Å². The zero-order valence-electron chi connectivity index (χ0n) is 16.7. The van der Waals surface area contributed by atoms with Crippen LogP contribution in [0, 0.1) is 0 Å². The van der Waals surface area contributed by atoms with Crippen LogP contribution >= 0.6 is 24.0 Å². The van der Waals surface area contributed by atoms with Crippen molar-refractivity contribution < 1.29 is 21.6 Å². The van der Waals surface area contributed by atoms with Crippen LogP contribution in [0.1, 0.15) is 50.3 Å². The van der Waals surface area contributed by atoms with Gasteiger partial charge in [0.1, 0.15) is 0 Å². The van der Waals surface area contributed by atoms with Gasteiger partial charge in [0.2, 0.25) is 0 Å². The van der Waals surface area contributed by atoms with Gasteiger partial charge >= 0.3 is 15.5 Å². The topological polar surface area (TPSA) is 91.6 Å². The van der Waals surface area contributed by atoms with Crippen LogP contribution in [-0.2, 0) is 16.6 Å². The van der Waals surface area contributed by atoms with Crippen molar-refractivity contribution in [1.29, 1.82) is 0 Å². The van der Waals surface area contributed by atoms with Gasteiger partial charge in [-0.05, 0) is 31.7 Å². The maximum Gasteiger partial charge on any atom is 0.511 e. The molecule has 1 aromatic heterocycles. The number of hydrogen-bond donors (Lipinski definition) is 2. The van der Waals surface area contributed by atoms with Gasteiger partial charge in [-0.2, -0.15) is 22.6 Å². The summed E-state index contributed by atoms with van der Waals surface area (Å²) in [5.74, 6) is 0.512. The zero-order valence-corrected chi connectivity index (χ0v) is 19.9. The van der Waals surface area contributed by atoms with Gasteiger partial charge in [-0.3, -0.25) is 9.67 Å². The van der Waals surface area contributed by atoms with Gasteiger partial charge in [-0.25, -0.2) is 8.42 Å². The van der Waals surface area contributed by atoms with E-state index in [-0.39, 0.29) is 55.9 Å². The zero-order chi connectivity index (χ0) is 21.1. The number of hydrogen-bond acceptors (Lipinski definition) is 4. The predicted molar refractivity (Wildman–Crippen MR) is 118 cm³/mol. The maximum absolute atomic E-state index is 12.7. The average molecular weight is 564 g/mol. The Morgan fingerprint density at radius 2 is 1.87 bits per heavy atom. The number of sulfonamides is 1. The molecule has 0 aromatic carbocycles. The average Bonchev–Trinajstić information content (AvgIpc) is 3.36. The largest absolute Gasteiger partial charge is 0.511 e. The molecule has 2 aliphatic rings. The highest BCUT2D eigenvalue weighted by molar-refractivity contribution is 14.0. The Bertz CT molecular complexity index is 816. The summed E-state index contributed by atoms with van der Waals surface area (Å²) < 4.78 is 63.5. The first-order valence-corrected chi connectivity index (χ1v) is 11.2. The summed E-state index contributed by atoms with van der Waals surface area (Å²) in [4.78, 5) is 4.14. The monoisotopic (exact) mass is 564 g/mol. The molecule has 2 fully saturated rings. The lowest BCUT2D eigenvalue weighted by Crippen LogP contribution is -2.51. The molecule has 172 valence electrons. The van der Waals surface area contributed by atoms with Gasteiger partial charge in [0.15, 0.2) is 5.96 Å². The minimum atomic E-state index is -5.26. The molecule has 1 aliphatic carbocycles. The van der Waals surface area contributed by atoms with E-state index in [1.165, 1.54) is 12.8 Å². The van der Waals surface area contributed by atoms with Crippen LogP contribution in [0.25, 0.3) is 0 Å². The Morgan fingerprint density at radius 1 is 1.23 bits per heavy atom. The molecule has 0 atom stereocenters. The van der Waals surface area contributed by atoms with Crippen molar-refractivity contribution in [3.63, 3.8) is 0 Å². The highest BCUT2D eigenvalue weighted by Gasteiger charge is 2.50. The van der Waals surface area contributed by atoms with Crippen LogP contribution in [0.4, 0.5) is 13.2 Å². The summed E-state index contributed by atoms with van der Waals surface area (Å²) in [6, 6.07) is 2.27. The third-order valence-corrected chi connectivity index (χ3v) is 7.08. The van der Waals surface area contributed by atoms with Crippen LogP contribution < -0.4 is 10.6 Å². The first kappa shape index (κ1) is 25.2. The van der Waals surface area contributed by atoms with Crippen molar-refractivity contribution >= 4 is 40.0 Å². The molecule has 8 nitrogen and oxygen atoms in total. The van der Waals surface area contributed by atoms with E-state index in [1.54, 1.807) is 7.05 Å². The summed E-state index contributed by atoms with van der Waals surface area (Å²) in [5, 5.41) is 10.9. The van der Waals surface area contributed by atoms with E-state index in [2.05, 4.69) is 20.7 Å².